The van der Waals surface area contributed by atoms with Crippen molar-refractivity contribution in [2.75, 3.05) is 23.6 Å². The normalized spacial score (nSPS) is 14.7. The van der Waals surface area contributed by atoms with Crippen LogP contribution in [0.2, 0.25) is 0 Å². The van der Waals surface area contributed by atoms with E-state index >= 15 is 0 Å². The highest BCUT2D eigenvalue weighted by molar-refractivity contribution is 6.06. The summed E-state index contributed by atoms with van der Waals surface area (Å²) in [5.74, 6) is 0.744. The smallest absolute Gasteiger partial charge is 0.255 e. The van der Waals surface area contributed by atoms with Crippen LogP contribution in [-0.4, -0.2) is 31.2 Å². The van der Waals surface area contributed by atoms with Crippen LogP contribution >= 0.6 is 0 Å². The van der Waals surface area contributed by atoms with Gasteiger partial charge in [-0.05, 0) is 67.3 Å². The minimum Gasteiger partial charge on any atom is -0.454 e. The lowest BCUT2D eigenvalue weighted by Crippen LogP contribution is -2.35. The zero-order valence-corrected chi connectivity index (χ0v) is 20.0. The van der Waals surface area contributed by atoms with Crippen molar-refractivity contribution in [1.82, 2.24) is 5.32 Å². The van der Waals surface area contributed by atoms with Crippen LogP contribution in [0.5, 0.6) is 11.5 Å². The third kappa shape index (κ3) is 4.80. The standard InChI is InChI=1S/C28H29N3O4/c1-3-18(2)29-28(33)23-15-22(30-27(32)20-8-11-25-26(14-20)35-17-34-25)9-10-24(23)31-13-12-19-6-4-5-7-21(19)16-31/h4-11,14-15,18H,3,12-13,16-17H2,1-2H3,(H,29,33)(H,30,32). The topological polar surface area (TPSA) is 79.9 Å². The number of benzene rings is 3. The van der Waals surface area contributed by atoms with Gasteiger partial charge in [0.25, 0.3) is 11.8 Å². The molecule has 0 spiro atoms. The van der Waals surface area contributed by atoms with Crippen molar-refractivity contribution < 1.29 is 19.1 Å². The molecule has 0 fully saturated rings. The molecule has 3 aromatic carbocycles. The molecule has 0 radical (unpaired) electrons. The molecule has 0 saturated carbocycles. The lowest BCUT2D eigenvalue weighted by atomic mass is 9.98. The molecule has 0 aromatic heterocycles. The van der Waals surface area contributed by atoms with E-state index in [1.807, 2.05) is 32.0 Å². The molecule has 3 aromatic rings. The summed E-state index contributed by atoms with van der Waals surface area (Å²) in [6.45, 7) is 5.74. The predicted molar refractivity (Wildman–Crippen MR) is 135 cm³/mol. The average Bonchev–Trinajstić information content (AvgIpc) is 3.36. The van der Waals surface area contributed by atoms with Crippen molar-refractivity contribution in [3.8, 4) is 11.5 Å². The lowest BCUT2D eigenvalue weighted by molar-refractivity contribution is 0.0938. The Kier molecular flexibility index (Phi) is 6.31. The van der Waals surface area contributed by atoms with Crippen LogP contribution in [-0.2, 0) is 13.0 Å². The Morgan fingerprint density at radius 2 is 1.77 bits per heavy atom. The fourth-order valence-corrected chi connectivity index (χ4v) is 4.42. The molecule has 7 heteroatoms. The van der Waals surface area contributed by atoms with E-state index in [4.69, 9.17) is 9.47 Å². The summed E-state index contributed by atoms with van der Waals surface area (Å²) < 4.78 is 10.7. The number of hydrogen-bond donors (Lipinski definition) is 2. The number of ether oxygens (including phenoxy) is 2. The molecule has 0 saturated heterocycles. The Morgan fingerprint density at radius 3 is 2.60 bits per heavy atom. The zero-order valence-electron chi connectivity index (χ0n) is 20.0. The fraction of sp³-hybridized carbons (Fsp3) is 0.286. The van der Waals surface area contributed by atoms with E-state index in [1.165, 1.54) is 11.1 Å². The molecule has 2 heterocycles. The minimum atomic E-state index is -0.281. The first-order chi connectivity index (χ1) is 17.0. The quantitative estimate of drug-likeness (QED) is 0.542. The van der Waals surface area contributed by atoms with E-state index in [1.54, 1.807) is 24.3 Å². The lowest BCUT2D eigenvalue weighted by Gasteiger charge is -2.32. The highest BCUT2D eigenvalue weighted by Crippen LogP contribution is 2.33. The maximum Gasteiger partial charge on any atom is 0.255 e. The molecule has 0 aliphatic carbocycles. The first-order valence-electron chi connectivity index (χ1n) is 12.0. The van der Waals surface area contributed by atoms with Crippen molar-refractivity contribution in [3.05, 3.63) is 82.9 Å². The Morgan fingerprint density at radius 1 is 0.971 bits per heavy atom. The van der Waals surface area contributed by atoms with Crippen molar-refractivity contribution in [2.45, 2.75) is 39.3 Å². The van der Waals surface area contributed by atoms with Gasteiger partial charge in [0.1, 0.15) is 0 Å². The molecule has 1 unspecified atom stereocenters. The second-order valence-electron chi connectivity index (χ2n) is 8.98. The summed E-state index contributed by atoms with van der Waals surface area (Å²) in [5, 5.41) is 6.00. The highest BCUT2D eigenvalue weighted by Gasteiger charge is 2.23. The Balaban J connectivity index is 1.42. The maximum atomic E-state index is 13.3. The number of hydrogen-bond acceptors (Lipinski definition) is 5. The van der Waals surface area contributed by atoms with Gasteiger partial charge in [-0.25, -0.2) is 0 Å². The van der Waals surface area contributed by atoms with Crippen LogP contribution in [0.4, 0.5) is 11.4 Å². The van der Waals surface area contributed by atoms with E-state index < -0.39 is 0 Å². The summed E-state index contributed by atoms with van der Waals surface area (Å²) in [7, 11) is 0. The second kappa shape index (κ2) is 9.70. The number of rotatable bonds is 6. The van der Waals surface area contributed by atoms with Gasteiger partial charge in [-0.3, -0.25) is 9.59 Å². The van der Waals surface area contributed by atoms with Gasteiger partial charge in [0.05, 0.1) is 5.56 Å². The number of nitrogens with zero attached hydrogens (tertiary/aromatic N) is 1. The van der Waals surface area contributed by atoms with Crippen molar-refractivity contribution >= 4 is 23.2 Å². The number of anilines is 2. The van der Waals surface area contributed by atoms with E-state index in [0.29, 0.717) is 28.3 Å². The molecule has 5 rings (SSSR count). The Bertz CT molecular complexity index is 1270. The van der Waals surface area contributed by atoms with Crippen LogP contribution in [0, 0.1) is 0 Å². The molecule has 2 aliphatic heterocycles. The number of nitrogens with one attached hydrogen (secondary N) is 2. The van der Waals surface area contributed by atoms with E-state index in [0.717, 1.165) is 31.6 Å². The third-order valence-electron chi connectivity index (χ3n) is 6.60. The van der Waals surface area contributed by atoms with Crippen molar-refractivity contribution in [1.29, 1.82) is 0 Å². The van der Waals surface area contributed by atoms with Gasteiger partial charge in [0, 0.05) is 36.1 Å². The summed E-state index contributed by atoms with van der Waals surface area (Å²) >= 11 is 0. The molecule has 7 nitrogen and oxygen atoms in total. The summed E-state index contributed by atoms with van der Waals surface area (Å²) in [6.07, 6.45) is 1.75. The number of carbonyl (C=O) groups is 2. The summed E-state index contributed by atoms with van der Waals surface area (Å²) in [6, 6.07) is 19.1. The van der Waals surface area contributed by atoms with Gasteiger partial charge in [0.15, 0.2) is 11.5 Å². The number of carbonyl (C=O) groups excluding carboxylic acids is 2. The number of amides is 2. The molecule has 2 amide bonds. The van der Waals surface area contributed by atoms with Gasteiger partial charge >= 0.3 is 0 Å². The third-order valence-corrected chi connectivity index (χ3v) is 6.60. The van der Waals surface area contributed by atoms with Gasteiger partial charge < -0.3 is 25.0 Å². The van der Waals surface area contributed by atoms with Gasteiger partial charge in [-0.15, -0.1) is 0 Å². The van der Waals surface area contributed by atoms with Crippen LogP contribution < -0.4 is 25.0 Å². The van der Waals surface area contributed by atoms with E-state index in [9.17, 15) is 9.59 Å². The average molecular weight is 472 g/mol. The first-order valence-corrected chi connectivity index (χ1v) is 12.0. The van der Waals surface area contributed by atoms with Gasteiger partial charge in [-0.2, -0.15) is 0 Å². The van der Waals surface area contributed by atoms with Crippen LogP contribution in [0.25, 0.3) is 0 Å². The molecule has 0 bridgehead atoms. The Hall–Kier alpha value is -4.00. The molecular formula is C28H29N3O4. The number of fused-ring (bicyclic) bond motifs is 2. The molecule has 2 aliphatic rings. The first kappa shape index (κ1) is 22.8. The minimum absolute atomic E-state index is 0.0457. The molecular weight excluding hydrogens is 442 g/mol. The fourth-order valence-electron chi connectivity index (χ4n) is 4.42. The highest BCUT2D eigenvalue weighted by atomic mass is 16.7. The SMILES string of the molecule is CCC(C)NC(=O)c1cc(NC(=O)c2ccc3c(c2)OCO3)ccc1N1CCc2ccccc2C1. The van der Waals surface area contributed by atoms with Crippen LogP contribution in [0.1, 0.15) is 52.1 Å². The maximum absolute atomic E-state index is 13.3. The van der Waals surface area contributed by atoms with Crippen LogP contribution in [0.15, 0.2) is 60.7 Å². The molecule has 180 valence electrons. The van der Waals surface area contributed by atoms with E-state index in [-0.39, 0.29) is 24.6 Å². The second-order valence-corrected chi connectivity index (χ2v) is 8.98. The summed E-state index contributed by atoms with van der Waals surface area (Å²) in [5.41, 5.74) is 5.04. The van der Waals surface area contributed by atoms with Crippen molar-refractivity contribution in [3.63, 3.8) is 0 Å². The van der Waals surface area contributed by atoms with Gasteiger partial charge in [0.2, 0.25) is 6.79 Å². The predicted octanol–water partition coefficient (Wildman–Crippen LogP) is 4.76. The largest absolute Gasteiger partial charge is 0.454 e. The van der Waals surface area contributed by atoms with Gasteiger partial charge in [-0.1, -0.05) is 31.2 Å². The van der Waals surface area contributed by atoms with E-state index in [2.05, 4.69) is 33.7 Å². The molecule has 2 N–H and O–H groups in total. The van der Waals surface area contributed by atoms with Crippen LogP contribution in [0.3, 0.4) is 0 Å². The monoisotopic (exact) mass is 471 g/mol. The van der Waals surface area contributed by atoms with Crippen molar-refractivity contribution in [2.24, 2.45) is 0 Å². The Labute approximate surface area is 205 Å². The zero-order chi connectivity index (χ0) is 24.4. The molecule has 35 heavy (non-hydrogen) atoms. The molecule has 1 atom stereocenters. The summed E-state index contributed by atoms with van der Waals surface area (Å²) in [4.78, 5) is 28.4.